The minimum atomic E-state index is -0.510. The van der Waals surface area contributed by atoms with Crippen molar-refractivity contribution in [2.45, 2.75) is 51.5 Å². The third-order valence-corrected chi connectivity index (χ3v) is 4.98. The van der Waals surface area contributed by atoms with E-state index in [2.05, 4.69) is 5.32 Å². The molecule has 3 N–H and O–H groups in total. The van der Waals surface area contributed by atoms with Gasteiger partial charge in [0.2, 0.25) is 11.8 Å². The van der Waals surface area contributed by atoms with Gasteiger partial charge in [-0.1, -0.05) is 36.4 Å². The van der Waals surface area contributed by atoms with Crippen molar-refractivity contribution in [1.29, 1.82) is 0 Å². The molecular formula is C22H32N2O5. The van der Waals surface area contributed by atoms with Crippen LogP contribution < -0.4 is 10.8 Å². The summed E-state index contributed by atoms with van der Waals surface area (Å²) < 4.78 is 10.7. The predicted molar refractivity (Wildman–Crippen MR) is 109 cm³/mol. The number of carbonyl (C=O) groups excluding carboxylic acids is 2. The van der Waals surface area contributed by atoms with Gasteiger partial charge in [-0.3, -0.25) is 14.8 Å². The second kappa shape index (κ2) is 13.1. The van der Waals surface area contributed by atoms with Crippen molar-refractivity contribution in [2.24, 2.45) is 5.92 Å². The molecule has 2 atom stereocenters. The number of carbonyl (C=O) groups is 2. The van der Waals surface area contributed by atoms with Crippen LogP contribution in [0.25, 0.3) is 0 Å². The Hall–Kier alpha value is -2.22. The molecule has 160 valence electrons. The van der Waals surface area contributed by atoms with E-state index < -0.39 is 11.8 Å². The first-order chi connectivity index (χ1) is 14.1. The van der Waals surface area contributed by atoms with Crippen molar-refractivity contribution in [3.8, 4) is 0 Å². The maximum atomic E-state index is 12.7. The lowest BCUT2D eigenvalue weighted by Gasteiger charge is -2.24. The van der Waals surface area contributed by atoms with Gasteiger partial charge in [-0.2, -0.15) is 0 Å². The van der Waals surface area contributed by atoms with Crippen LogP contribution in [0.2, 0.25) is 0 Å². The smallest absolute Gasteiger partial charge is 0.247 e. The lowest BCUT2D eigenvalue weighted by atomic mass is 9.91. The Morgan fingerprint density at radius 2 is 1.97 bits per heavy atom. The van der Waals surface area contributed by atoms with Crippen molar-refractivity contribution >= 4 is 11.8 Å². The number of hydroxylamine groups is 1. The average Bonchev–Trinajstić information content (AvgIpc) is 2.76. The fourth-order valence-electron chi connectivity index (χ4n) is 3.44. The molecule has 0 aliphatic heterocycles. The Morgan fingerprint density at radius 1 is 1.17 bits per heavy atom. The van der Waals surface area contributed by atoms with Gasteiger partial charge < -0.3 is 14.8 Å². The molecule has 0 heterocycles. The van der Waals surface area contributed by atoms with Crippen LogP contribution in [0.5, 0.6) is 0 Å². The van der Waals surface area contributed by atoms with Gasteiger partial charge in [0.05, 0.1) is 12.6 Å². The third kappa shape index (κ3) is 8.35. The summed E-state index contributed by atoms with van der Waals surface area (Å²) in [5.74, 6) is -1.10. The van der Waals surface area contributed by atoms with Gasteiger partial charge in [-0.05, 0) is 51.0 Å². The SMILES string of the molecule is CCOCOCC(CC(Cc1ccccc1)C(=O)NO)NC(=O)C1=CCCCC1. The standard InChI is InChI=1S/C22H32N2O5/c1-2-28-16-29-15-20(23-21(25)18-11-7-4-8-12-18)14-19(22(26)24-27)13-17-9-5-3-6-10-17/h3,5-6,9-11,19-20,27H,2,4,7-8,12-16H2,1H3,(H,23,25)(H,24,26). The van der Waals surface area contributed by atoms with E-state index in [1.807, 2.05) is 43.3 Å². The Bertz CT molecular complexity index is 662. The normalized spacial score (nSPS) is 15.9. The molecule has 0 fully saturated rings. The number of rotatable bonds is 12. The van der Waals surface area contributed by atoms with E-state index >= 15 is 0 Å². The van der Waals surface area contributed by atoms with Crippen LogP contribution in [0, 0.1) is 5.92 Å². The lowest BCUT2D eigenvalue weighted by molar-refractivity contribution is -0.134. The molecular weight excluding hydrogens is 372 g/mol. The zero-order valence-corrected chi connectivity index (χ0v) is 17.1. The molecule has 1 aliphatic rings. The van der Waals surface area contributed by atoms with Crippen LogP contribution in [0.15, 0.2) is 42.0 Å². The molecule has 29 heavy (non-hydrogen) atoms. The van der Waals surface area contributed by atoms with Crippen LogP contribution in [0.4, 0.5) is 0 Å². The van der Waals surface area contributed by atoms with E-state index in [9.17, 15) is 14.8 Å². The summed E-state index contributed by atoms with van der Waals surface area (Å²) in [4.78, 5) is 24.9. The maximum Gasteiger partial charge on any atom is 0.247 e. The first-order valence-corrected chi connectivity index (χ1v) is 10.3. The third-order valence-electron chi connectivity index (χ3n) is 4.98. The van der Waals surface area contributed by atoms with Gasteiger partial charge in [0, 0.05) is 18.1 Å². The largest absolute Gasteiger partial charge is 0.356 e. The molecule has 2 rings (SSSR count). The van der Waals surface area contributed by atoms with Gasteiger partial charge in [0.25, 0.3) is 0 Å². The summed E-state index contributed by atoms with van der Waals surface area (Å²) in [6.45, 7) is 2.76. The number of amides is 2. The van der Waals surface area contributed by atoms with E-state index in [0.717, 1.165) is 36.8 Å². The van der Waals surface area contributed by atoms with Crippen LogP contribution in [0.1, 0.15) is 44.6 Å². The highest BCUT2D eigenvalue weighted by Gasteiger charge is 2.25. The Kier molecular flexibility index (Phi) is 10.4. The molecule has 2 amide bonds. The molecule has 0 saturated heterocycles. The molecule has 1 aliphatic carbocycles. The molecule has 0 saturated carbocycles. The van der Waals surface area contributed by atoms with Gasteiger partial charge >= 0.3 is 0 Å². The Morgan fingerprint density at radius 3 is 2.62 bits per heavy atom. The Balaban J connectivity index is 2.05. The quantitative estimate of drug-likeness (QED) is 0.215. The minimum Gasteiger partial charge on any atom is -0.356 e. The van der Waals surface area contributed by atoms with E-state index in [1.165, 1.54) is 0 Å². The number of benzene rings is 1. The molecule has 0 bridgehead atoms. The van der Waals surface area contributed by atoms with E-state index in [4.69, 9.17) is 9.47 Å². The van der Waals surface area contributed by atoms with Crippen molar-refractivity contribution in [3.05, 3.63) is 47.5 Å². The van der Waals surface area contributed by atoms with E-state index in [-0.39, 0.29) is 25.3 Å². The summed E-state index contributed by atoms with van der Waals surface area (Å²) in [5.41, 5.74) is 3.53. The van der Waals surface area contributed by atoms with Crippen molar-refractivity contribution in [2.75, 3.05) is 20.0 Å². The van der Waals surface area contributed by atoms with E-state index in [1.54, 1.807) is 5.48 Å². The van der Waals surface area contributed by atoms with Gasteiger partial charge in [-0.15, -0.1) is 0 Å². The summed E-state index contributed by atoms with van der Waals surface area (Å²) in [6.07, 6.45) is 6.57. The van der Waals surface area contributed by atoms with Crippen molar-refractivity contribution in [1.82, 2.24) is 10.8 Å². The second-order valence-corrected chi connectivity index (χ2v) is 7.23. The first-order valence-electron chi connectivity index (χ1n) is 10.3. The highest BCUT2D eigenvalue weighted by molar-refractivity contribution is 5.93. The molecule has 1 aromatic carbocycles. The number of nitrogens with one attached hydrogen (secondary N) is 2. The lowest BCUT2D eigenvalue weighted by Crippen LogP contribution is -2.43. The topological polar surface area (TPSA) is 96.9 Å². The van der Waals surface area contributed by atoms with Gasteiger partial charge in [-0.25, -0.2) is 5.48 Å². The van der Waals surface area contributed by atoms with Crippen LogP contribution in [-0.4, -0.2) is 43.1 Å². The molecule has 7 heteroatoms. The monoisotopic (exact) mass is 404 g/mol. The summed E-state index contributed by atoms with van der Waals surface area (Å²) in [7, 11) is 0. The fraction of sp³-hybridized carbons (Fsp3) is 0.545. The van der Waals surface area contributed by atoms with Crippen molar-refractivity contribution in [3.63, 3.8) is 0 Å². The molecule has 7 nitrogen and oxygen atoms in total. The molecule has 2 unspecified atom stereocenters. The first kappa shape index (κ1) is 23.1. The molecule has 0 spiro atoms. The van der Waals surface area contributed by atoms with Gasteiger partial charge in [0.1, 0.15) is 6.79 Å². The molecule has 0 radical (unpaired) electrons. The zero-order valence-electron chi connectivity index (χ0n) is 17.1. The molecule has 1 aromatic rings. The predicted octanol–water partition coefficient (Wildman–Crippen LogP) is 2.74. The number of allylic oxidation sites excluding steroid dienone is 1. The minimum absolute atomic E-state index is 0.113. The van der Waals surface area contributed by atoms with Crippen LogP contribution in [0.3, 0.4) is 0 Å². The van der Waals surface area contributed by atoms with Crippen LogP contribution in [-0.2, 0) is 25.5 Å². The Labute approximate surface area is 172 Å². The van der Waals surface area contributed by atoms with Gasteiger partial charge in [0.15, 0.2) is 0 Å². The summed E-state index contributed by atoms with van der Waals surface area (Å²) >= 11 is 0. The number of ether oxygens (including phenoxy) is 2. The summed E-state index contributed by atoms with van der Waals surface area (Å²) in [6, 6.07) is 9.21. The number of hydrogen-bond donors (Lipinski definition) is 3. The van der Waals surface area contributed by atoms with Crippen molar-refractivity contribution < 1.29 is 24.3 Å². The summed E-state index contributed by atoms with van der Waals surface area (Å²) in [5, 5.41) is 12.2. The second-order valence-electron chi connectivity index (χ2n) is 7.23. The zero-order chi connectivity index (χ0) is 20.9. The maximum absolute atomic E-state index is 12.7. The highest BCUT2D eigenvalue weighted by Crippen LogP contribution is 2.19. The molecule has 0 aromatic heterocycles. The average molecular weight is 405 g/mol. The fourth-order valence-corrected chi connectivity index (χ4v) is 3.44. The van der Waals surface area contributed by atoms with Crippen LogP contribution >= 0.6 is 0 Å². The number of hydrogen-bond acceptors (Lipinski definition) is 5. The van der Waals surface area contributed by atoms with E-state index in [0.29, 0.717) is 19.4 Å². The highest BCUT2D eigenvalue weighted by atomic mass is 16.7.